The van der Waals surface area contributed by atoms with Gasteiger partial charge in [0, 0.05) is 16.3 Å². The molecule has 140 valence electrons. The molecule has 0 fully saturated rings. The SMILES string of the molecule is COc1ccc(C)cc1-c1csc(NC(=O)c2cc3ccccc3oc2=O)n1. The van der Waals surface area contributed by atoms with Crippen molar-refractivity contribution in [3.8, 4) is 17.0 Å². The molecule has 2 aromatic carbocycles. The molecule has 0 spiro atoms. The zero-order chi connectivity index (χ0) is 19.7. The minimum Gasteiger partial charge on any atom is -0.496 e. The van der Waals surface area contributed by atoms with E-state index in [2.05, 4.69) is 10.3 Å². The van der Waals surface area contributed by atoms with Crippen LogP contribution in [0.5, 0.6) is 5.75 Å². The predicted molar refractivity (Wildman–Crippen MR) is 109 cm³/mol. The first-order chi connectivity index (χ1) is 13.5. The highest BCUT2D eigenvalue weighted by Crippen LogP contribution is 2.33. The number of methoxy groups -OCH3 is 1. The van der Waals surface area contributed by atoms with Crippen molar-refractivity contribution in [3.63, 3.8) is 0 Å². The molecule has 2 aromatic heterocycles. The molecular formula is C21H16N2O4S. The molecule has 1 N–H and O–H groups in total. The van der Waals surface area contributed by atoms with Gasteiger partial charge >= 0.3 is 5.63 Å². The number of fused-ring (bicyclic) bond motifs is 1. The summed E-state index contributed by atoms with van der Waals surface area (Å²) in [4.78, 5) is 29.2. The molecule has 0 aliphatic rings. The molecule has 28 heavy (non-hydrogen) atoms. The van der Waals surface area contributed by atoms with Crippen LogP contribution in [-0.4, -0.2) is 18.0 Å². The molecular weight excluding hydrogens is 376 g/mol. The number of hydrogen-bond donors (Lipinski definition) is 1. The van der Waals surface area contributed by atoms with Crippen LogP contribution in [0.3, 0.4) is 0 Å². The first-order valence-corrected chi connectivity index (χ1v) is 9.38. The Morgan fingerprint density at radius 3 is 2.82 bits per heavy atom. The standard InChI is InChI=1S/C21H16N2O4S/c1-12-7-8-18(26-2)14(9-12)16-11-28-21(22-16)23-19(24)15-10-13-5-3-4-6-17(13)27-20(15)25/h3-11H,1-2H3,(H,22,23,24). The molecule has 6 nitrogen and oxygen atoms in total. The topological polar surface area (TPSA) is 81.4 Å². The summed E-state index contributed by atoms with van der Waals surface area (Å²) in [6.45, 7) is 1.98. The first-order valence-electron chi connectivity index (χ1n) is 8.50. The highest BCUT2D eigenvalue weighted by molar-refractivity contribution is 7.14. The number of nitrogens with zero attached hydrogens (tertiary/aromatic N) is 1. The predicted octanol–water partition coefficient (Wildman–Crippen LogP) is 4.49. The minimum absolute atomic E-state index is 0.0661. The van der Waals surface area contributed by atoms with Crippen LogP contribution in [0, 0.1) is 6.92 Å². The lowest BCUT2D eigenvalue weighted by Gasteiger charge is -2.07. The van der Waals surface area contributed by atoms with E-state index in [1.165, 1.54) is 17.4 Å². The Kier molecular flexibility index (Phi) is 4.67. The van der Waals surface area contributed by atoms with Crippen LogP contribution in [0.25, 0.3) is 22.2 Å². The number of carbonyl (C=O) groups is 1. The van der Waals surface area contributed by atoms with Gasteiger partial charge in [0.25, 0.3) is 5.91 Å². The van der Waals surface area contributed by atoms with E-state index < -0.39 is 11.5 Å². The molecule has 2 heterocycles. The summed E-state index contributed by atoms with van der Waals surface area (Å²) in [6.07, 6.45) is 0. The Morgan fingerprint density at radius 1 is 1.18 bits per heavy atom. The average molecular weight is 392 g/mol. The molecule has 4 rings (SSSR count). The second kappa shape index (κ2) is 7.28. The van der Waals surface area contributed by atoms with Gasteiger partial charge in [0.05, 0.1) is 12.8 Å². The Morgan fingerprint density at radius 2 is 2.00 bits per heavy atom. The van der Waals surface area contributed by atoms with Crippen molar-refractivity contribution in [2.45, 2.75) is 6.92 Å². The number of benzene rings is 2. The normalized spacial score (nSPS) is 10.8. The monoisotopic (exact) mass is 392 g/mol. The van der Waals surface area contributed by atoms with E-state index in [4.69, 9.17) is 9.15 Å². The lowest BCUT2D eigenvalue weighted by atomic mass is 10.1. The summed E-state index contributed by atoms with van der Waals surface area (Å²) in [6, 6.07) is 14.4. The minimum atomic E-state index is -0.687. The summed E-state index contributed by atoms with van der Waals surface area (Å²) < 4.78 is 10.6. The van der Waals surface area contributed by atoms with Crippen molar-refractivity contribution in [1.82, 2.24) is 4.98 Å². The fourth-order valence-corrected chi connectivity index (χ4v) is 3.57. The molecule has 0 aliphatic heterocycles. The molecule has 1 amide bonds. The summed E-state index contributed by atoms with van der Waals surface area (Å²) in [5.41, 5.74) is 2.28. The Balaban J connectivity index is 1.63. The van der Waals surface area contributed by atoms with Gasteiger partial charge in [-0.05, 0) is 31.2 Å². The molecule has 0 bridgehead atoms. The number of aromatic nitrogens is 1. The molecule has 0 aliphatic carbocycles. The molecule has 0 saturated heterocycles. The molecule has 0 unspecified atom stereocenters. The summed E-state index contributed by atoms with van der Waals surface area (Å²) in [5.74, 6) is 0.139. The zero-order valence-electron chi connectivity index (χ0n) is 15.2. The van der Waals surface area contributed by atoms with Crippen molar-refractivity contribution in [2.75, 3.05) is 12.4 Å². The quantitative estimate of drug-likeness (QED) is 0.518. The van der Waals surface area contributed by atoms with Gasteiger partial charge in [-0.1, -0.05) is 29.8 Å². The molecule has 0 atom stereocenters. The van der Waals surface area contributed by atoms with E-state index in [9.17, 15) is 9.59 Å². The number of aryl methyl sites for hydroxylation is 1. The maximum atomic E-state index is 12.6. The number of anilines is 1. The van der Waals surface area contributed by atoms with Crippen molar-refractivity contribution in [1.29, 1.82) is 0 Å². The largest absolute Gasteiger partial charge is 0.496 e. The van der Waals surface area contributed by atoms with Gasteiger partial charge in [-0.15, -0.1) is 11.3 Å². The van der Waals surface area contributed by atoms with E-state index in [1.54, 1.807) is 25.3 Å². The molecule has 4 aromatic rings. The fourth-order valence-electron chi connectivity index (χ4n) is 2.86. The number of thiazole rings is 1. The molecule has 0 radical (unpaired) electrons. The lowest BCUT2D eigenvalue weighted by Crippen LogP contribution is -2.20. The van der Waals surface area contributed by atoms with E-state index in [1.807, 2.05) is 36.6 Å². The van der Waals surface area contributed by atoms with E-state index >= 15 is 0 Å². The van der Waals surface area contributed by atoms with Crippen LogP contribution in [0.2, 0.25) is 0 Å². The van der Waals surface area contributed by atoms with Crippen LogP contribution in [-0.2, 0) is 0 Å². The van der Waals surface area contributed by atoms with Crippen molar-refractivity contribution in [2.24, 2.45) is 0 Å². The van der Waals surface area contributed by atoms with Crippen molar-refractivity contribution in [3.05, 3.63) is 75.5 Å². The maximum absolute atomic E-state index is 12.6. The third-order valence-electron chi connectivity index (χ3n) is 4.24. The van der Waals surface area contributed by atoms with E-state index in [0.29, 0.717) is 27.5 Å². The first kappa shape index (κ1) is 17.9. The Bertz CT molecular complexity index is 1240. The highest BCUT2D eigenvalue weighted by Gasteiger charge is 2.16. The second-order valence-corrected chi connectivity index (χ2v) is 7.04. The number of nitrogens with one attached hydrogen (secondary N) is 1. The molecule has 7 heteroatoms. The Hall–Kier alpha value is -3.45. The van der Waals surface area contributed by atoms with Gasteiger partial charge < -0.3 is 9.15 Å². The van der Waals surface area contributed by atoms with Gasteiger partial charge in [0.2, 0.25) is 0 Å². The van der Waals surface area contributed by atoms with Crippen LogP contribution < -0.4 is 15.7 Å². The average Bonchev–Trinajstić information content (AvgIpc) is 3.15. The van der Waals surface area contributed by atoms with E-state index in [-0.39, 0.29) is 5.56 Å². The number of ether oxygens (including phenoxy) is 1. The van der Waals surface area contributed by atoms with Crippen LogP contribution in [0.4, 0.5) is 5.13 Å². The van der Waals surface area contributed by atoms with Crippen molar-refractivity contribution >= 4 is 33.3 Å². The summed E-state index contributed by atoms with van der Waals surface area (Å²) in [5, 5.41) is 5.57. The van der Waals surface area contributed by atoms with Crippen molar-refractivity contribution < 1.29 is 13.9 Å². The third kappa shape index (κ3) is 3.39. The smallest absolute Gasteiger partial charge is 0.349 e. The van der Waals surface area contributed by atoms with E-state index in [0.717, 1.165) is 11.1 Å². The highest BCUT2D eigenvalue weighted by atomic mass is 32.1. The van der Waals surface area contributed by atoms with Gasteiger partial charge in [-0.3, -0.25) is 10.1 Å². The van der Waals surface area contributed by atoms with Gasteiger partial charge in [-0.25, -0.2) is 9.78 Å². The molecule has 0 saturated carbocycles. The van der Waals surface area contributed by atoms with Gasteiger partial charge in [0.15, 0.2) is 5.13 Å². The van der Waals surface area contributed by atoms with Crippen LogP contribution >= 0.6 is 11.3 Å². The number of carbonyl (C=O) groups excluding carboxylic acids is 1. The maximum Gasteiger partial charge on any atom is 0.349 e. The summed E-state index contributed by atoms with van der Waals surface area (Å²) >= 11 is 1.27. The number of hydrogen-bond acceptors (Lipinski definition) is 6. The summed E-state index contributed by atoms with van der Waals surface area (Å²) in [7, 11) is 1.60. The fraction of sp³-hybridized carbons (Fsp3) is 0.0952. The van der Waals surface area contributed by atoms with Gasteiger partial charge in [0.1, 0.15) is 16.9 Å². The second-order valence-electron chi connectivity index (χ2n) is 6.18. The number of amides is 1. The third-order valence-corrected chi connectivity index (χ3v) is 5.00. The number of rotatable bonds is 4. The van der Waals surface area contributed by atoms with Crippen LogP contribution in [0.1, 0.15) is 15.9 Å². The van der Waals surface area contributed by atoms with Gasteiger partial charge in [-0.2, -0.15) is 0 Å². The lowest BCUT2D eigenvalue weighted by molar-refractivity contribution is 0.102. The van der Waals surface area contributed by atoms with Crippen LogP contribution in [0.15, 0.2) is 63.1 Å². The Labute approximate surface area is 164 Å². The number of para-hydroxylation sites is 1. The zero-order valence-corrected chi connectivity index (χ0v) is 16.0.